The molecule has 0 saturated carbocycles. The van der Waals surface area contributed by atoms with E-state index >= 15 is 0 Å². The average molecular weight is 393 g/mol. The van der Waals surface area contributed by atoms with Crippen LogP contribution in [0.4, 0.5) is 13.2 Å². The van der Waals surface area contributed by atoms with E-state index in [1.165, 1.54) is 0 Å². The summed E-state index contributed by atoms with van der Waals surface area (Å²) in [4.78, 5) is 35.5. The van der Waals surface area contributed by atoms with Gasteiger partial charge in [0.1, 0.15) is 6.54 Å². The van der Waals surface area contributed by atoms with Crippen LogP contribution in [-0.2, 0) is 22.1 Å². The number of hydrogen-bond donors (Lipinski definition) is 1. The number of rotatable bonds is 7. The van der Waals surface area contributed by atoms with Gasteiger partial charge in [0, 0.05) is 11.1 Å². The van der Waals surface area contributed by atoms with Gasteiger partial charge in [-0.1, -0.05) is 31.2 Å². The second-order valence-electron chi connectivity index (χ2n) is 5.89. The van der Waals surface area contributed by atoms with Crippen molar-refractivity contribution in [3.63, 3.8) is 0 Å². The van der Waals surface area contributed by atoms with E-state index in [1.54, 1.807) is 24.3 Å². The molecule has 0 aliphatic rings. The van der Waals surface area contributed by atoms with Crippen molar-refractivity contribution >= 4 is 17.7 Å². The molecule has 2 aromatic rings. The first kappa shape index (κ1) is 21.1. The van der Waals surface area contributed by atoms with Gasteiger partial charge in [-0.2, -0.15) is 13.2 Å². The van der Waals surface area contributed by atoms with Gasteiger partial charge >= 0.3 is 12.1 Å². The van der Waals surface area contributed by atoms with Crippen molar-refractivity contribution in [2.45, 2.75) is 19.5 Å². The van der Waals surface area contributed by atoms with E-state index in [1.807, 2.05) is 6.92 Å². The number of ether oxygens (including phenoxy) is 1. The predicted octanol–water partition coefficient (Wildman–Crippen LogP) is 3.42. The lowest BCUT2D eigenvalue weighted by Gasteiger charge is -2.08. The minimum atomic E-state index is -4.50. The van der Waals surface area contributed by atoms with Gasteiger partial charge in [0.2, 0.25) is 0 Å². The van der Waals surface area contributed by atoms with Crippen LogP contribution in [-0.4, -0.2) is 30.8 Å². The summed E-state index contributed by atoms with van der Waals surface area (Å²) in [5.41, 5.74) is 0.556. The largest absolute Gasteiger partial charge is 0.456 e. The topological polar surface area (TPSA) is 72.5 Å². The molecule has 148 valence electrons. The maximum absolute atomic E-state index is 12.5. The Balaban J connectivity index is 1.79. The van der Waals surface area contributed by atoms with Gasteiger partial charge in [-0.25, -0.2) is 0 Å². The highest BCUT2D eigenvalue weighted by atomic mass is 19.4. The first-order valence-electron chi connectivity index (χ1n) is 8.44. The van der Waals surface area contributed by atoms with Crippen LogP contribution < -0.4 is 5.32 Å². The number of carbonyl (C=O) groups excluding carboxylic acids is 3. The van der Waals surface area contributed by atoms with E-state index < -0.39 is 36.8 Å². The van der Waals surface area contributed by atoms with E-state index in [-0.39, 0.29) is 11.3 Å². The molecule has 0 fully saturated rings. The first-order chi connectivity index (χ1) is 13.2. The number of aryl methyl sites for hydroxylation is 1. The molecule has 28 heavy (non-hydrogen) atoms. The molecule has 2 aromatic carbocycles. The molecule has 0 aromatic heterocycles. The van der Waals surface area contributed by atoms with Crippen molar-refractivity contribution in [1.82, 2.24) is 5.32 Å². The van der Waals surface area contributed by atoms with Crippen LogP contribution in [0.25, 0.3) is 0 Å². The smallest absolute Gasteiger partial charge is 0.416 e. The number of Topliss-reactive ketones (excluding diaryl/α,β-unsaturated/α-hetero) is 1. The highest BCUT2D eigenvalue weighted by Gasteiger charge is 2.30. The molecule has 0 spiro atoms. The SMILES string of the molecule is CCc1ccc(C(=O)COC(=O)CNC(=O)c2ccc(C(F)(F)F)cc2)cc1. The Morgan fingerprint density at radius 3 is 2.04 bits per heavy atom. The van der Waals surface area contributed by atoms with E-state index in [0.29, 0.717) is 5.56 Å². The van der Waals surface area contributed by atoms with E-state index in [2.05, 4.69) is 5.32 Å². The quantitative estimate of drug-likeness (QED) is 0.578. The Bertz CT molecular complexity index is 843. The fraction of sp³-hybridized carbons (Fsp3) is 0.250. The second-order valence-corrected chi connectivity index (χ2v) is 5.89. The molecule has 0 radical (unpaired) electrons. The zero-order chi connectivity index (χ0) is 20.7. The molecule has 0 bridgehead atoms. The van der Waals surface area contributed by atoms with Crippen molar-refractivity contribution in [2.24, 2.45) is 0 Å². The lowest BCUT2D eigenvalue weighted by Crippen LogP contribution is -2.31. The van der Waals surface area contributed by atoms with Gasteiger partial charge in [-0.15, -0.1) is 0 Å². The second kappa shape index (κ2) is 9.16. The molecule has 0 saturated heterocycles. The zero-order valence-corrected chi connectivity index (χ0v) is 15.0. The Morgan fingerprint density at radius 1 is 0.929 bits per heavy atom. The zero-order valence-electron chi connectivity index (χ0n) is 15.0. The molecule has 0 aliphatic carbocycles. The fourth-order valence-electron chi connectivity index (χ4n) is 2.27. The van der Waals surface area contributed by atoms with Gasteiger partial charge in [-0.05, 0) is 36.2 Å². The molecule has 0 heterocycles. The molecule has 0 aliphatic heterocycles. The third-order valence-corrected chi connectivity index (χ3v) is 3.92. The average Bonchev–Trinajstić information content (AvgIpc) is 2.69. The van der Waals surface area contributed by atoms with Crippen molar-refractivity contribution in [3.8, 4) is 0 Å². The number of hydrogen-bond acceptors (Lipinski definition) is 4. The number of benzene rings is 2. The summed E-state index contributed by atoms with van der Waals surface area (Å²) in [6.45, 7) is 1.000. The van der Waals surface area contributed by atoms with Crippen LogP contribution in [0.2, 0.25) is 0 Å². The number of ketones is 1. The number of alkyl halides is 3. The van der Waals surface area contributed by atoms with Gasteiger partial charge in [0.25, 0.3) is 5.91 Å². The molecule has 5 nitrogen and oxygen atoms in total. The van der Waals surface area contributed by atoms with Crippen molar-refractivity contribution in [1.29, 1.82) is 0 Å². The van der Waals surface area contributed by atoms with Gasteiger partial charge in [0.15, 0.2) is 12.4 Å². The Hall–Kier alpha value is -3.16. The minimum absolute atomic E-state index is 0.0344. The molecular formula is C20H18F3NO4. The van der Waals surface area contributed by atoms with Crippen molar-refractivity contribution in [3.05, 3.63) is 70.8 Å². The van der Waals surface area contributed by atoms with Crippen LogP contribution in [0.3, 0.4) is 0 Å². The first-order valence-corrected chi connectivity index (χ1v) is 8.44. The normalized spacial score (nSPS) is 11.0. The summed E-state index contributed by atoms with van der Waals surface area (Å²) in [5, 5.41) is 2.23. The minimum Gasteiger partial charge on any atom is -0.456 e. The highest BCUT2D eigenvalue weighted by molar-refractivity contribution is 5.98. The summed E-state index contributed by atoms with van der Waals surface area (Å²) in [7, 11) is 0. The summed E-state index contributed by atoms with van der Waals surface area (Å²) < 4.78 is 42.3. The van der Waals surface area contributed by atoms with E-state index in [4.69, 9.17) is 4.74 Å². The van der Waals surface area contributed by atoms with E-state index in [9.17, 15) is 27.6 Å². The lowest BCUT2D eigenvalue weighted by atomic mass is 10.1. The van der Waals surface area contributed by atoms with Crippen LogP contribution in [0.1, 0.15) is 38.8 Å². The monoisotopic (exact) mass is 393 g/mol. The summed E-state index contributed by atoms with van der Waals surface area (Å²) in [6.07, 6.45) is -3.66. The summed E-state index contributed by atoms with van der Waals surface area (Å²) >= 11 is 0. The summed E-state index contributed by atoms with van der Waals surface area (Å²) in [6, 6.07) is 10.5. The number of esters is 1. The lowest BCUT2D eigenvalue weighted by molar-refractivity contribution is -0.141. The van der Waals surface area contributed by atoms with Gasteiger partial charge < -0.3 is 10.1 Å². The third-order valence-electron chi connectivity index (χ3n) is 3.92. The number of carbonyl (C=O) groups is 3. The molecule has 1 amide bonds. The molecular weight excluding hydrogens is 375 g/mol. The van der Waals surface area contributed by atoms with Crippen LogP contribution in [0.5, 0.6) is 0 Å². The van der Waals surface area contributed by atoms with Crippen LogP contribution in [0.15, 0.2) is 48.5 Å². The maximum Gasteiger partial charge on any atom is 0.416 e. The molecule has 0 atom stereocenters. The number of halogens is 3. The Kier molecular flexibility index (Phi) is 6.92. The molecule has 0 unspecified atom stereocenters. The molecule has 2 rings (SSSR count). The number of amides is 1. The highest BCUT2D eigenvalue weighted by Crippen LogP contribution is 2.29. The van der Waals surface area contributed by atoms with Crippen LogP contribution >= 0.6 is 0 Å². The van der Waals surface area contributed by atoms with Crippen molar-refractivity contribution in [2.75, 3.05) is 13.2 Å². The van der Waals surface area contributed by atoms with Crippen molar-refractivity contribution < 1.29 is 32.3 Å². The van der Waals surface area contributed by atoms with Gasteiger partial charge in [-0.3, -0.25) is 14.4 Å². The van der Waals surface area contributed by atoms with Gasteiger partial charge in [0.05, 0.1) is 5.56 Å². The maximum atomic E-state index is 12.5. The number of nitrogens with one attached hydrogen (secondary N) is 1. The Morgan fingerprint density at radius 2 is 1.50 bits per heavy atom. The molecule has 1 N–H and O–H groups in total. The molecule has 8 heteroatoms. The van der Waals surface area contributed by atoms with Crippen LogP contribution in [0, 0.1) is 0 Å². The standard InChI is InChI=1S/C20H18F3NO4/c1-2-13-3-5-14(6-4-13)17(25)12-28-18(26)11-24-19(27)15-7-9-16(10-8-15)20(21,22)23/h3-10H,2,11-12H2,1H3,(H,24,27). The summed E-state index contributed by atoms with van der Waals surface area (Å²) in [5.74, 6) is -1.95. The van der Waals surface area contributed by atoms with E-state index in [0.717, 1.165) is 36.2 Å². The Labute approximate surface area is 159 Å². The predicted molar refractivity (Wildman–Crippen MR) is 94.9 cm³/mol. The fourth-order valence-corrected chi connectivity index (χ4v) is 2.27. The third kappa shape index (κ3) is 5.94.